The molecule has 1 N–H and O–H groups in total. The Labute approximate surface area is 185 Å². The summed E-state index contributed by atoms with van der Waals surface area (Å²) in [7, 11) is 0. The minimum atomic E-state index is -0.677. The van der Waals surface area contributed by atoms with Gasteiger partial charge in [0.1, 0.15) is 17.1 Å². The van der Waals surface area contributed by atoms with Crippen LogP contribution in [-0.2, 0) is 11.3 Å². The van der Waals surface area contributed by atoms with Gasteiger partial charge in [-0.25, -0.2) is 13.8 Å². The van der Waals surface area contributed by atoms with E-state index in [1.807, 2.05) is 0 Å². The topological polar surface area (TPSA) is 73.1 Å². The lowest BCUT2D eigenvalue weighted by atomic mass is 10.2. The zero-order valence-electron chi connectivity index (χ0n) is 16.6. The summed E-state index contributed by atoms with van der Waals surface area (Å²) in [5, 5.41) is 4.95. The Bertz CT molecular complexity index is 1450. The van der Waals surface area contributed by atoms with Crippen LogP contribution in [0.2, 0.25) is 5.02 Å². The summed E-state index contributed by atoms with van der Waals surface area (Å²) in [6.07, 6.45) is 0. The molecule has 4 aromatic rings. The first-order chi connectivity index (χ1) is 14.8. The third-order valence-electron chi connectivity index (χ3n) is 5.00. The summed E-state index contributed by atoms with van der Waals surface area (Å²) >= 11 is 7.28. The lowest BCUT2D eigenvalue weighted by Gasteiger charge is -2.14. The van der Waals surface area contributed by atoms with Crippen molar-refractivity contribution >= 4 is 44.7 Å². The van der Waals surface area contributed by atoms with Crippen molar-refractivity contribution in [3.8, 4) is 5.69 Å². The van der Waals surface area contributed by atoms with Crippen LogP contribution in [0.3, 0.4) is 0 Å². The van der Waals surface area contributed by atoms with E-state index in [0.29, 0.717) is 32.1 Å². The number of aryl methyl sites for hydroxylation is 1. The van der Waals surface area contributed by atoms with E-state index in [1.54, 1.807) is 43.5 Å². The van der Waals surface area contributed by atoms with E-state index in [4.69, 9.17) is 11.6 Å². The molecule has 0 saturated heterocycles. The number of anilines is 1. The second-order valence-corrected chi connectivity index (χ2v) is 8.36. The van der Waals surface area contributed by atoms with E-state index in [-0.39, 0.29) is 12.2 Å². The summed E-state index contributed by atoms with van der Waals surface area (Å²) in [5.74, 6) is -0.913. The van der Waals surface area contributed by atoms with E-state index in [0.717, 1.165) is 4.57 Å². The van der Waals surface area contributed by atoms with Crippen molar-refractivity contribution in [1.29, 1.82) is 0 Å². The highest BCUT2D eigenvalue weighted by atomic mass is 35.5. The first kappa shape index (κ1) is 21.0. The zero-order valence-corrected chi connectivity index (χ0v) is 18.2. The predicted molar refractivity (Wildman–Crippen MR) is 121 cm³/mol. The normalized spacial score (nSPS) is 11.1. The Kier molecular flexibility index (Phi) is 5.51. The molecular weight excluding hydrogens is 441 g/mol. The molecule has 0 aliphatic rings. The van der Waals surface area contributed by atoms with Crippen molar-refractivity contribution in [3.05, 3.63) is 90.6 Å². The number of amides is 1. The number of hydrogen-bond donors (Lipinski definition) is 1. The molecule has 0 atom stereocenters. The summed E-state index contributed by atoms with van der Waals surface area (Å²) in [6.45, 7) is 3.08. The van der Waals surface area contributed by atoms with Crippen LogP contribution in [-0.4, -0.2) is 15.0 Å². The monoisotopic (exact) mass is 457 g/mol. The molecule has 158 valence electrons. The van der Waals surface area contributed by atoms with Crippen LogP contribution in [0.1, 0.15) is 11.1 Å². The maximum Gasteiger partial charge on any atom is 0.336 e. The second kappa shape index (κ2) is 8.13. The highest BCUT2D eigenvalue weighted by molar-refractivity contribution is 7.17. The molecule has 0 bridgehead atoms. The Morgan fingerprint density at radius 1 is 1.16 bits per heavy atom. The number of halogens is 2. The smallest absolute Gasteiger partial charge is 0.324 e. The second-order valence-electron chi connectivity index (χ2n) is 7.04. The van der Waals surface area contributed by atoms with Gasteiger partial charge in [0.15, 0.2) is 0 Å². The Morgan fingerprint density at radius 2 is 1.94 bits per heavy atom. The molecule has 0 aliphatic carbocycles. The Hall–Kier alpha value is -3.23. The van der Waals surface area contributed by atoms with Crippen LogP contribution < -0.4 is 16.6 Å². The Morgan fingerprint density at radius 3 is 2.68 bits per heavy atom. The van der Waals surface area contributed by atoms with Gasteiger partial charge in [-0.1, -0.05) is 17.7 Å². The molecule has 0 spiro atoms. The van der Waals surface area contributed by atoms with Gasteiger partial charge >= 0.3 is 5.69 Å². The number of carbonyl (C=O) groups excluding carboxylic acids is 1. The van der Waals surface area contributed by atoms with Gasteiger partial charge in [0.05, 0.1) is 11.2 Å². The SMILES string of the molecule is Cc1cc(F)ccc1-n1c(=O)c2sccc2n(CC(=O)Nc2cccc(Cl)c2C)c1=O. The van der Waals surface area contributed by atoms with Crippen molar-refractivity contribution < 1.29 is 9.18 Å². The van der Waals surface area contributed by atoms with Gasteiger partial charge in [-0.2, -0.15) is 0 Å². The number of nitrogens with zero attached hydrogens (tertiary/aromatic N) is 2. The lowest BCUT2D eigenvalue weighted by molar-refractivity contribution is -0.116. The number of aromatic nitrogens is 2. The highest BCUT2D eigenvalue weighted by Gasteiger charge is 2.19. The number of benzene rings is 2. The summed E-state index contributed by atoms with van der Waals surface area (Å²) in [4.78, 5) is 39.1. The molecule has 0 unspecified atom stereocenters. The predicted octanol–water partition coefficient (Wildman–Crippen LogP) is 4.26. The maximum atomic E-state index is 13.6. The van der Waals surface area contributed by atoms with E-state index >= 15 is 0 Å². The van der Waals surface area contributed by atoms with Crippen LogP contribution in [0.4, 0.5) is 10.1 Å². The van der Waals surface area contributed by atoms with Gasteiger partial charge in [-0.05, 0) is 66.8 Å². The van der Waals surface area contributed by atoms with Gasteiger partial charge in [-0.3, -0.25) is 14.2 Å². The van der Waals surface area contributed by atoms with Gasteiger partial charge < -0.3 is 5.32 Å². The first-order valence-electron chi connectivity index (χ1n) is 9.32. The van der Waals surface area contributed by atoms with E-state index in [9.17, 15) is 18.8 Å². The molecule has 2 aromatic carbocycles. The number of rotatable bonds is 4. The molecule has 0 aliphatic heterocycles. The number of nitrogens with one attached hydrogen (secondary N) is 1. The molecule has 0 fully saturated rings. The lowest BCUT2D eigenvalue weighted by Crippen LogP contribution is -2.40. The fourth-order valence-corrected chi connectivity index (χ4v) is 4.40. The van der Waals surface area contributed by atoms with Crippen molar-refractivity contribution in [2.24, 2.45) is 0 Å². The minimum absolute atomic E-state index is 0.270. The van der Waals surface area contributed by atoms with Gasteiger partial charge in [-0.15, -0.1) is 11.3 Å². The number of thiophene rings is 1. The zero-order chi connectivity index (χ0) is 22.3. The highest BCUT2D eigenvalue weighted by Crippen LogP contribution is 2.23. The third kappa shape index (κ3) is 3.80. The molecule has 6 nitrogen and oxygen atoms in total. The van der Waals surface area contributed by atoms with Gasteiger partial charge in [0.2, 0.25) is 5.91 Å². The largest absolute Gasteiger partial charge is 0.336 e. The standard InChI is InChI=1S/C22H17ClFN3O3S/c1-12-10-14(24)6-7-17(12)27-21(29)20-18(8-9-31-20)26(22(27)30)11-19(28)25-16-5-3-4-15(23)13(16)2/h3-10H,11H2,1-2H3,(H,25,28). The molecule has 2 heterocycles. The number of hydrogen-bond acceptors (Lipinski definition) is 4. The average molecular weight is 458 g/mol. The molecule has 9 heteroatoms. The molecule has 1 amide bonds. The van der Waals surface area contributed by atoms with Crippen LogP contribution in [0.5, 0.6) is 0 Å². The van der Waals surface area contributed by atoms with Gasteiger partial charge in [0, 0.05) is 10.7 Å². The summed E-state index contributed by atoms with van der Waals surface area (Å²) < 4.78 is 16.1. The number of fused-ring (bicyclic) bond motifs is 1. The molecule has 0 saturated carbocycles. The first-order valence-corrected chi connectivity index (χ1v) is 10.6. The summed E-state index contributed by atoms with van der Waals surface area (Å²) in [6, 6.07) is 10.6. The third-order valence-corrected chi connectivity index (χ3v) is 6.30. The van der Waals surface area contributed by atoms with Crippen LogP contribution in [0.15, 0.2) is 57.4 Å². The van der Waals surface area contributed by atoms with E-state index < -0.39 is 23.0 Å². The minimum Gasteiger partial charge on any atom is -0.324 e. The van der Waals surface area contributed by atoms with Crippen LogP contribution in [0, 0.1) is 19.7 Å². The summed E-state index contributed by atoms with van der Waals surface area (Å²) in [5.41, 5.74) is 1.13. The van der Waals surface area contributed by atoms with Gasteiger partial charge in [0.25, 0.3) is 5.56 Å². The van der Waals surface area contributed by atoms with E-state index in [2.05, 4.69) is 5.32 Å². The number of carbonyl (C=O) groups is 1. The average Bonchev–Trinajstić information content (AvgIpc) is 3.20. The molecule has 4 rings (SSSR count). The fourth-order valence-electron chi connectivity index (χ4n) is 3.40. The Balaban J connectivity index is 1.82. The fraction of sp³-hybridized carbons (Fsp3) is 0.136. The van der Waals surface area contributed by atoms with Crippen LogP contribution >= 0.6 is 22.9 Å². The van der Waals surface area contributed by atoms with Crippen molar-refractivity contribution in [2.75, 3.05) is 5.32 Å². The van der Waals surface area contributed by atoms with Crippen LogP contribution in [0.25, 0.3) is 15.9 Å². The molecule has 31 heavy (non-hydrogen) atoms. The van der Waals surface area contributed by atoms with Crippen molar-refractivity contribution in [1.82, 2.24) is 9.13 Å². The maximum absolute atomic E-state index is 13.6. The van der Waals surface area contributed by atoms with Crippen molar-refractivity contribution in [2.45, 2.75) is 20.4 Å². The van der Waals surface area contributed by atoms with Crippen molar-refractivity contribution in [3.63, 3.8) is 0 Å². The molecular formula is C22H17ClFN3O3S. The molecule has 0 radical (unpaired) electrons. The quantitative estimate of drug-likeness (QED) is 0.497. The molecule has 2 aromatic heterocycles. The van der Waals surface area contributed by atoms with E-state index in [1.165, 1.54) is 34.1 Å².